The molecule has 21 heavy (non-hydrogen) atoms. The minimum absolute atomic E-state index is 0.0383. The Labute approximate surface area is 136 Å². The predicted octanol–water partition coefficient (Wildman–Crippen LogP) is 3.20. The molecule has 1 aromatic carbocycles. The van der Waals surface area contributed by atoms with Crippen molar-refractivity contribution in [3.63, 3.8) is 0 Å². The van der Waals surface area contributed by atoms with Crippen molar-refractivity contribution >= 4 is 45.7 Å². The van der Waals surface area contributed by atoms with Crippen LogP contribution in [0.25, 0.3) is 0 Å². The van der Waals surface area contributed by atoms with Crippen molar-refractivity contribution in [2.75, 3.05) is 18.1 Å². The largest absolute Gasteiger partial charge is 0.363 e. The van der Waals surface area contributed by atoms with E-state index in [0.29, 0.717) is 10.8 Å². The molecule has 0 saturated heterocycles. The fraction of sp³-hybridized carbons (Fsp3) is 0.308. The topological polar surface area (TPSA) is 66.9 Å². The van der Waals surface area contributed by atoms with Gasteiger partial charge in [-0.15, -0.1) is 10.2 Å². The molecule has 0 aliphatic heterocycles. The van der Waals surface area contributed by atoms with Crippen LogP contribution < -0.4 is 10.6 Å². The summed E-state index contributed by atoms with van der Waals surface area (Å²) < 4.78 is 0.772. The van der Waals surface area contributed by atoms with Crippen LogP contribution in [0.1, 0.15) is 18.5 Å². The summed E-state index contributed by atoms with van der Waals surface area (Å²) in [6.07, 6.45) is 0. The number of benzene rings is 1. The Balaban J connectivity index is 1.82. The van der Waals surface area contributed by atoms with E-state index >= 15 is 0 Å². The van der Waals surface area contributed by atoms with Gasteiger partial charge < -0.3 is 10.6 Å². The fourth-order valence-corrected chi connectivity index (χ4v) is 3.26. The first kappa shape index (κ1) is 16.1. The standard InChI is InChI=1S/C13H15ClN4OS2/c1-8(9-3-5-10(14)6-4-9)16-11(19)7-20-13-18-17-12(15-2)21-13/h3-6,8H,7H2,1-2H3,(H,15,17)(H,16,19)/t8-/m0/s1. The van der Waals surface area contributed by atoms with Crippen molar-refractivity contribution in [2.45, 2.75) is 17.3 Å². The maximum absolute atomic E-state index is 11.9. The van der Waals surface area contributed by atoms with Gasteiger partial charge in [0, 0.05) is 12.1 Å². The first-order chi connectivity index (χ1) is 10.1. The molecule has 2 rings (SSSR count). The smallest absolute Gasteiger partial charge is 0.230 e. The number of nitrogens with zero attached hydrogens (tertiary/aromatic N) is 2. The van der Waals surface area contributed by atoms with E-state index in [1.54, 1.807) is 7.05 Å². The fourth-order valence-electron chi connectivity index (χ4n) is 1.61. The zero-order valence-corrected chi connectivity index (χ0v) is 14.0. The van der Waals surface area contributed by atoms with E-state index < -0.39 is 0 Å². The van der Waals surface area contributed by atoms with E-state index in [1.807, 2.05) is 31.2 Å². The van der Waals surface area contributed by atoms with E-state index in [1.165, 1.54) is 23.1 Å². The van der Waals surface area contributed by atoms with Crippen LogP contribution in [0.2, 0.25) is 5.02 Å². The second-order valence-electron chi connectivity index (χ2n) is 4.25. The molecule has 2 aromatic rings. The van der Waals surface area contributed by atoms with Crippen LogP contribution in [0.4, 0.5) is 5.13 Å². The number of amides is 1. The molecule has 0 unspecified atom stereocenters. The summed E-state index contributed by atoms with van der Waals surface area (Å²) in [6.45, 7) is 1.94. The number of thioether (sulfide) groups is 1. The van der Waals surface area contributed by atoms with Gasteiger partial charge in [-0.05, 0) is 24.6 Å². The lowest BCUT2D eigenvalue weighted by molar-refractivity contribution is -0.119. The molecule has 0 aliphatic rings. The summed E-state index contributed by atoms with van der Waals surface area (Å²) >= 11 is 8.65. The molecule has 0 bridgehead atoms. The Hall–Kier alpha value is -1.31. The maximum atomic E-state index is 11.9. The van der Waals surface area contributed by atoms with Gasteiger partial charge in [0.1, 0.15) is 0 Å². The Bertz CT molecular complexity index is 602. The molecule has 0 radical (unpaired) electrons. The molecule has 0 aliphatic carbocycles. The van der Waals surface area contributed by atoms with Gasteiger partial charge in [-0.2, -0.15) is 0 Å². The highest BCUT2D eigenvalue weighted by Gasteiger charge is 2.11. The van der Waals surface area contributed by atoms with Gasteiger partial charge in [-0.25, -0.2) is 0 Å². The lowest BCUT2D eigenvalue weighted by Crippen LogP contribution is -2.28. The Morgan fingerprint density at radius 1 is 1.38 bits per heavy atom. The normalized spacial score (nSPS) is 12.0. The highest BCUT2D eigenvalue weighted by Crippen LogP contribution is 2.25. The van der Waals surface area contributed by atoms with Gasteiger partial charge in [-0.1, -0.05) is 46.8 Å². The van der Waals surface area contributed by atoms with Crippen LogP contribution in [0.15, 0.2) is 28.6 Å². The summed E-state index contributed by atoms with van der Waals surface area (Å²) in [7, 11) is 1.79. The van der Waals surface area contributed by atoms with Crippen molar-refractivity contribution in [2.24, 2.45) is 0 Å². The second kappa shape index (κ2) is 7.63. The average molecular weight is 343 g/mol. The van der Waals surface area contributed by atoms with E-state index in [4.69, 9.17) is 11.6 Å². The number of aromatic nitrogens is 2. The molecule has 1 atom stereocenters. The van der Waals surface area contributed by atoms with Gasteiger partial charge in [0.2, 0.25) is 11.0 Å². The van der Waals surface area contributed by atoms with Gasteiger partial charge in [0.25, 0.3) is 0 Å². The second-order valence-corrected chi connectivity index (χ2v) is 6.89. The van der Waals surface area contributed by atoms with Gasteiger partial charge in [0.05, 0.1) is 11.8 Å². The number of nitrogens with one attached hydrogen (secondary N) is 2. The number of rotatable bonds is 6. The van der Waals surface area contributed by atoms with E-state index in [-0.39, 0.29) is 11.9 Å². The van der Waals surface area contributed by atoms with Crippen molar-refractivity contribution in [1.29, 1.82) is 0 Å². The van der Waals surface area contributed by atoms with Crippen LogP contribution >= 0.6 is 34.7 Å². The molecular weight excluding hydrogens is 328 g/mol. The highest BCUT2D eigenvalue weighted by molar-refractivity contribution is 8.01. The van der Waals surface area contributed by atoms with E-state index in [9.17, 15) is 4.79 Å². The monoisotopic (exact) mass is 342 g/mol. The molecule has 1 heterocycles. The summed E-state index contributed by atoms with van der Waals surface area (Å²) in [5.41, 5.74) is 1.02. The van der Waals surface area contributed by atoms with Gasteiger partial charge in [-0.3, -0.25) is 4.79 Å². The molecule has 8 heteroatoms. The Morgan fingerprint density at radius 2 is 2.10 bits per heavy atom. The number of carbonyl (C=O) groups is 1. The third-order valence-electron chi connectivity index (χ3n) is 2.69. The SMILES string of the molecule is CNc1nnc(SCC(=O)N[C@@H](C)c2ccc(Cl)cc2)s1. The number of hydrogen-bond acceptors (Lipinski definition) is 6. The van der Waals surface area contributed by atoms with Crippen LogP contribution in [-0.4, -0.2) is 28.9 Å². The highest BCUT2D eigenvalue weighted by atomic mass is 35.5. The molecule has 2 N–H and O–H groups in total. The van der Waals surface area contributed by atoms with Crippen LogP contribution in [0, 0.1) is 0 Å². The molecular formula is C13H15ClN4OS2. The molecule has 1 aromatic heterocycles. The number of halogens is 1. The molecule has 112 valence electrons. The number of hydrogen-bond donors (Lipinski definition) is 2. The van der Waals surface area contributed by atoms with Gasteiger partial charge in [0.15, 0.2) is 4.34 Å². The quantitative estimate of drug-likeness (QED) is 0.789. The molecule has 5 nitrogen and oxygen atoms in total. The molecule has 0 spiro atoms. The number of carbonyl (C=O) groups excluding carboxylic acids is 1. The summed E-state index contributed by atoms with van der Waals surface area (Å²) in [4.78, 5) is 11.9. The van der Waals surface area contributed by atoms with Crippen LogP contribution in [-0.2, 0) is 4.79 Å². The lowest BCUT2D eigenvalue weighted by Gasteiger charge is -2.13. The summed E-state index contributed by atoms with van der Waals surface area (Å²) in [5, 5.41) is 15.2. The Kier molecular flexibility index (Phi) is 5.84. The van der Waals surface area contributed by atoms with Crippen molar-refractivity contribution in [3.05, 3.63) is 34.9 Å². The van der Waals surface area contributed by atoms with Crippen molar-refractivity contribution in [3.8, 4) is 0 Å². The molecule has 1 amide bonds. The van der Waals surface area contributed by atoms with Crippen LogP contribution in [0.5, 0.6) is 0 Å². The van der Waals surface area contributed by atoms with E-state index in [2.05, 4.69) is 20.8 Å². The van der Waals surface area contributed by atoms with Gasteiger partial charge >= 0.3 is 0 Å². The van der Waals surface area contributed by atoms with E-state index in [0.717, 1.165) is 15.0 Å². The lowest BCUT2D eigenvalue weighted by atomic mass is 10.1. The first-order valence-electron chi connectivity index (χ1n) is 6.27. The molecule has 0 saturated carbocycles. The summed E-state index contributed by atoms with van der Waals surface area (Å²) in [5.74, 6) is 0.277. The molecule has 0 fully saturated rings. The third-order valence-corrected chi connectivity index (χ3v) is 5.02. The van der Waals surface area contributed by atoms with Crippen molar-refractivity contribution in [1.82, 2.24) is 15.5 Å². The predicted molar refractivity (Wildman–Crippen MR) is 88.2 cm³/mol. The zero-order valence-electron chi connectivity index (χ0n) is 11.6. The summed E-state index contributed by atoms with van der Waals surface area (Å²) in [6, 6.07) is 7.39. The number of anilines is 1. The minimum atomic E-state index is -0.0577. The minimum Gasteiger partial charge on any atom is -0.363 e. The first-order valence-corrected chi connectivity index (χ1v) is 8.45. The average Bonchev–Trinajstić information content (AvgIpc) is 2.94. The zero-order chi connectivity index (χ0) is 15.2. The third kappa shape index (κ3) is 4.87. The Morgan fingerprint density at radius 3 is 2.71 bits per heavy atom. The van der Waals surface area contributed by atoms with Crippen molar-refractivity contribution < 1.29 is 4.79 Å². The maximum Gasteiger partial charge on any atom is 0.230 e. The van der Waals surface area contributed by atoms with Crippen LogP contribution in [0.3, 0.4) is 0 Å².